The number of carbonyl (C=O) groups excluding carboxylic acids is 1. The van der Waals surface area contributed by atoms with Gasteiger partial charge in [0.05, 0.1) is 12.1 Å². The summed E-state index contributed by atoms with van der Waals surface area (Å²) in [6.45, 7) is 11.9. The average molecular weight is 382 g/mol. The normalized spacial score (nSPS) is 11.5. The highest BCUT2D eigenvalue weighted by Crippen LogP contribution is 2.27. The molecule has 0 radical (unpaired) electrons. The molecule has 5 heteroatoms. The molecule has 0 saturated carbocycles. The molecule has 1 aromatic carbocycles. The molecule has 0 unspecified atom stereocenters. The second-order valence-corrected chi connectivity index (χ2v) is 8.01. The van der Waals surface area contributed by atoms with Crippen molar-refractivity contribution in [3.05, 3.63) is 52.5 Å². The molecule has 28 heavy (non-hydrogen) atoms. The molecular formula is C23H31N3O2. The van der Waals surface area contributed by atoms with E-state index in [1.165, 1.54) is 0 Å². The number of hydrogen-bond acceptors (Lipinski definition) is 3. The van der Waals surface area contributed by atoms with E-state index in [9.17, 15) is 4.79 Å². The van der Waals surface area contributed by atoms with Gasteiger partial charge in [-0.1, -0.05) is 39.0 Å². The topological polar surface area (TPSA) is 51.3 Å². The maximum Gasteiger partial charge on any atom is 0.227 e. The van der Waals surface area contributed by atoms with E-state index < -0.39 is 0 Å². The number of nitrogens with zero attached hydrogens (tertiary/aromatic N) is 3. The first-order chi connectivity index (χ1) is 13.3. The Labute approximate surface area is 167 Å². The average Bonchev–Trinajstić information content (AvgIpc) is 3.13. The lowest BCUT2D eigenvalue weighted by Gasteiger charge is -2.18. The third kappa shape index (κ3) is 3.98. The molecule has 150 valence electrons. The van der Waals surface area contributed by atoms with Crippen molar-refractivity contribution in [1.29, 1.82) is 0 Å². The summed E-state index contributed by atoms with van der Waals surface area (Å²) in [5, 5.41) is 5.73. The number of benzene rings is 1. The van der Waals surface area contributed by atoms with E-state index in [0.717, 1.165) is 52.2 Å². The van der Waals surface area contributed by atoms with Gasteiger partial charge in [-0.15, -0.1) is 0 Å². The lowest BCUT2D eigenvalue weighted by Crippen LogP contribution is -2.28. The number of carbonyl (C=O) groups is 1. The van der Waals surface area contributed by atoms with Crippen molar-refractivity contribution in [1.82, 2.24) is 14.7 Å². The SMILES string of the molecule is CCc1oc2ccccc2c1CN(C)C(=O)Cc1c(C)nn(CC(C)C)c1C. The predicted molar refractivity (Wildman–Crippen MR) is 112 cm³/mol. The van der Waals surface area contributed by atoms with E-state index in [0.29, 0.717) is 18.9 Å². The number of hydrogen-bond donors (Lipinski definition) is 0. The molecule has 0 atom stereocenters. The monoisotopic (exact) mass is 381 g/mol. The van der Waals surface area contributed by atoms with E-state index in [1.807, 2.05) is 36.9 Å². The van der Waals surface area contributed by atoms with E-state index in [1.54, 1.807) is 4.90 Å². The maximum absolute atomic E-state index is 13.0. The van der Waals surface area contributed by atoms with Crippen LogP contribution in [-0.4, -0.2) is 27.6 Å². The van der Waals surface area contributed by atoms with Gasteiger partial charge in [0, 0.05) is 48.8 Å². The second kappa shape index (κ2) is 8.21. The molecule has 5 nitrogen and oxygen atoms in total. The molecule has 0 saturated heterocycles. The van der Waals surface area contributed by atoms with Crippen molar-refractivity contribution in [2.45, 2.75) is 60.5 Å². The molecule has 0 bridgehead atoms. The molecule has 0 aliphatic heterocycles. The fraction of sp³-hybridized carbons (Fsp3) is 0.478. The van der Waals surface area contributed by atoms with Crippen LogP contribution in [0, 0.1) is 19.8 Å². The summed E-state index contributed by atoms with van der Waals surface area (Å²) in [5.74, 6) is 1.58. The Bertz CT molecular complexity index is 981. The van der Waals surface area contributed by atoms with Crippen LogP contribution in [0.5, 0.6) is 0 Å². The third-order valence-corrected chi connectivity index (χ3v) is 5.32. The minimum Gasteiger partial charge on any atom is -0.461 e. The number of aryl methyl sites for hydroxylation is 2. The lowest BCUT2D eigenvalue weighted by atomic mass is 10.1. The Kier molecular flexibility index (Phi) is 5.92. The molecule has 2 aromatic heterocycles. The van der Waals surface area contributed by atoms with Gasteiger partial charge in [0.15, 0.2) is 0 Å². The van der Waals surface area contributed by atoms with Gasteiger partial charge in [-0.2, -0.15) is 5.10 Å². The van der Waals surface area contributed by atoms with E-state index in [2.05, 4.69) is 38.9 Å². The van der Waals surface area contributed by atoms with Gasteiger partial charge in [-0.3, -0.25) is 9.48 Å². The Balaban J connectivity index is 1.79. The largest absolute Gasteiger partial charge is 0.461 e. The van der Waals surface area contributed by atoms with Crippen LogP contribution in [0.3, 0.4) is 0 Å². The number of fused-ring (bicyclic) bond motifs is 1. The summed E-state index contributed by atoms with van der Waals surface area (Å²) in [6, 6.07) is 8.04. The van der Waals surface area contributed by atoms with Crippen molar-refractivity contribution in [3.8, 4) is 0 Å². The van der Waals surface area contributed by atoms with E-state index in [-0.39, 0.29) is 5.91 Å². The quantitative estimate of drug-likeness (QED) is 0.598. The van der Waals surface area contributed by atoms with Crippen molar-refractivity contribution in [3.63, 3.8) is 0 Å². The zero-order valence-electron chi connectivity index (χ0n) is 17.9. The van der Waals surface area contributed by atoms with Crippen molar-refractivity contribution in [2.75, 3.05) is 7.05 Å². The van der Waals surface area contributed by atoms with E-state index >= 15 is 0 Å². The van der Waals surface area contributed by atoms with E-state index in [4.69, 9.17) is 4.42 Å². The second-order valence-electron chi connectivity index (χ2n) is 8.01. The number of aromatic nitrogens is 2. The van der Waals surface area contributed by atoms with Crippen LogP contribution in [0.4, 0.5) is 0 Å². The summed E-state index contributed by atoms with van der Waals surface area (Å²) < 4.78 is 8.00. The molecule has 3 rings (SSSR count). The van der Waals surface area contributed by atoms with Gasteiger partial charge < -0.3 is 9.32 Å². The molecular weight excluding hydrogens is 350 g/mol. The number of furan rings is 1. The number of para-hydroxylation sites is 1. The van der Waals surface area contributed by atoms with Gasteiger partial charge in [-0.25, -0.2) is 0 Å². The van der Waals surface area contributed by atoms with Crippen LogP contribution in [0.25, 0.3) is 11.0 Å². The Hall–Kier alpha value is -2.56. The zero-order valence-corrected chi connectivity index (χ0v) is 17.9. The first-order valence-electron chi connectivity index (χ1n) is 10.1. The van der Waals surface area contributed by atoms with Gasteiger partial charge >= 0.3 is 0 Å². The predicted octanol–water partition coefficient (Wildman–Crippen LogP) is 4.67. The fourth-order valence-corrected chi connectivity index (χ4v) is 3.73. The van der Waals surface area contributed by atoms with Crippen LogP contribution in [0.1, 0.15) is 49.0 Å². The van der Waals surface area contributed by atoms with Crippen molar-refractivity contribution < 1.29 is 9.21 Å². The molecule has 0 aliphatic rings. The molecule has 0 fully saturated rings. The van der Waals surface area contributed by atoms with Crippen molar-refractivity contribution in [2.24, 2.45) is 5.92 Å². The van der Waals surface area contributed by atoms with Crippen LogP contribution < -0.4 is 0 Å². The number of rotatable bonds is 7. The zero-order chi connectivity index (χ0) is 20.4. The highest BCUT2D eigenvalue weighted by atomic mass is 16.3. The highest BCUT2D eigenvalue weighted by molar-refractivity contribution is 5.84. The maximum atomic E-state index is 13.0. The number of amides is 1. The first kappa shape index (κ1) is 20.2. The number of likely N-dealkylation sites (N-methyl/N-ethyl adjacent to an activating group) is 1. The lowest BCUT2D eigenvalue weighted by molar-refractivity contribution is -0.129. The van der Waals surface area contributed by atoms with Gasteiger partial charge in [0.2, 0.25) is 5.91 Å². The fourth-order valence-electron chi connectivity index (χ4n) is 3.73. The van der Waals surface area contributed by atoms with Crippen LogP contribution in [0.2, 0.25) is 0 Å². The van der Waals surface area contributed by atoms with Crippen LogP contribution in [-0.2, 0) is 30.7 Å². The minimum absolute atomic E-state index is 0.0997. The summed E-state index contributed by atoms with van der Waals surface area (Å²) in [4.78, 5) is 14.8. The standard InChI is InChI=1S/C23H31N3O2/c1-7-21-20(18-10-8-9-11-22(18)28-21)14-25(6)23(27)12-19-16(4)24-26(17(19)5)13-15(2)3/h8-11,15H,7,12-14H2,1-6H3. The van der Waals surface area contributed by atoms with Crippen molar-refractivity contribution >= 4 is 16.9 Å². The molecule has 3 aromatic rings. The van der Waals surface area contributed by atoms with Crippen LogP contribution >= 0.6 is 0 Å². The van der Waals surface area contributed by atoms with Gasteiger partial charge in [0.1, 0.15) is 11.3 Å². The van der Waals surface area contributed by atoms with Gasteiger partial charge in [0.25, 0.3) is 0 Å². The van der Waals surface area contributed by atoms with Crippen LogP contribution in [0.15, 0.2) is 28.7 Å². The third-order valence-electron chi connectivity index (χ3n) is 5.32. The first-order valence-corrected chi connectivity index (χ1v) is 10.1. The summed E-state index contributed by atoms with van der Waals surface area (Å²) >= 11 is 0. The summed E-state index contributed by atoms with van der Waals surface area (Å²) in [7, 11) is 1.87. The Morgan fingerprint density at radius 1 is 1.21 bits per heavy atom. The molecule has 0 spiro atoms. The Morgan fingerprint density at radius 3 is 2.61 bits per heavy atom. The summed E-state index contributed by atoms with van der Waals surface area (Å²) in [6.07, 6.45) is 1.19. The molecule has 1 amide bonds. The van der Waals surface area contributed by atoms with Gasteiger partial charge in [-0.05, 0) is 25.8 Å². The molecule has 2 heterocycles. The highest BCUT2D eigenvalue weighted by Gasteiger charge is 2.20. The Morgan fingerprint density at radius 2 is 1.93 bits per heavy atom. The molecule has 0 N–H and O–H groups in total. The minimum atomic E-state index is 0.0997. The smallest absolute Gasteiger partial charge is 0.227 e. The molecule has 0 aliphatic carbocycles. The summed E-state index contributed by atoms with van der Waals surface area (Å²) in [5.41, 5.74) is 5.08.